The van der Waals surface area contributed by atoms with E-state index in [-0.39, 0.29) is 0 Å². The topological polar surface area (TPSA) is 0 Å². The van der Waals surface area contributed by atoms with Crippen LogP contribution >= 0.6 is 11.6 Å². The summed E-state index contributed by atoms with van der Waals surface area (Å²) >= 11 is 5.95. The van der Waals surface area contributed by atoms with Crippen LogP contribution in [-0.4, -0.2) is 0 Å². The first-order chi connectivity index (χ1) is 7.72. The minimum Gasteiger partial charge on any atom is -0.0984 e. The number of aryl methyl sites for hydroxylation is 1. The van der Waals surface area contributed by atoms with E-state index in [1.165, 1.54) is 47.9 Å². The molecule has 0 nitrogen and oxygen atoms in total. The first-order valence-corrected chi connectivity index (χ1v) is 6.21. The SMILES string of the molecule is C=Cc1c(/C=C(\C)Cl)ccc2c1CCCC2. The Morgan fingerprint density at radius 3 is 2.75 bits per heavy atom. The minimum absolute atomic E-state index is 0.818. The van der Waals surface area contributed by atoms with Gasteiger partial charge in [-0.1, -0.05) is 36.4 Å². The molecule has 1 aromatic carbocycles. The third-order valence-corrected chi connectivity index (χ3v) is 3.28. The molecule has 0 N–H and O–H groups in total. The molecule has 0 heterocycles. The summed E-state index contributed by atoms with van der Waals surface area (Å²) in [5, 5.41) is 0.818. The number of benzene rings is 1. The van der Waals surface area contributed by atoms with Gasteiger partial charge in [-0.3, -0.25) is 0 Å². The van der Waals surface area contributed by atoms with Gasteiger partial charge >= 0.3 is 0 Å². The minimum atomic E-state index is 0.818. The molecule has 0 aliphatic heterocycles. The van der Waals surface area contributed by atoms with Gasteiger partial charge in [-0.15, -0.1) is 0 Å². The summed E-state index contributed by atoms with van der Waals surface area (Å²) in [7, 11) is 0. The van der Waals surface area contributed by atoms with Crippen molar-refractivity contribution in [2.75, 3.05) is 0 Å². The maximum atomic E-state index is 5.95. The molecule has 0 saturated carbocycles. The van der Waals surface area contributed by atoms with Crippen molar-refractivity contribution in [1.82, 2.24) is 0 Å². The normalized spacial score (nSPS) is 15.8. The van der Waals surface area contributed by atoms with Crippen LogP contribution in [0.1, 0.15) is 42.0 Å². The molecule has 1 heteroatoms. The molecule has 0 amide bonds. The van der Waals surface area contributed by atoms with E-state index >= 15 is 0 Å². The van der Waals surface area contributed by atoms with Crippen LogP contribution < -0.4 is 0 Å². The van der Waals surface area contributed by atoms with Gasteiger partial charge in [0.2, 0.25) is 0 Å². The summed E-state index contributed by atoms with van der Waals surface area (Å²) in [4.78, 5) is 0. The van der Waals surface area contributed by atoms with Crippen LogP contribution in [0.25, 0.3) is 12.2 Å². The van der Waals surface area contributed by atoms with Gasteiger partial charge in [0.05, 0.1) is 0 Å². The Bertz CT molecular complexity index is 437. The van der Waals surface area contributed by atoms with E-state index in [9.17, 15) is 0 Å². The van der Waals surface area contributed by atoms with Crippen LogP contribution in [0.4, 0.5) is 0 Å². The number of hydrogen-bond acceptors (Lipinski definition) is 0. The van der Waals surface area contributed by atoms with Crippen LogP contribution in [-0.2, 0) is 12.8 Å². The van der Waals surface area contributed by atoms with Gasteiger partial charge in [0.25, 0.3) is 0 Å². The molecule has 0 radical (unpaired) electrons. The number of allylic oxidation sites excluding steroid dienone is 1. The lowest BCUT2D eigenvalue weighted by atomic mass is 9.86. The monoisotopic (exact) mass is 232 g/mol. The molecule has 0 spiro atoms. The van der Waals surface area contributed by atoms with Crippen molar-refractivity contribution < 1.29 is 0 Å². The van der Waals surface area contributed by atoms with Crippen LogP contribution in [0.15, 0.2) is 23.7 Å². The quantitative estimate of drug-likeness (QED) is 0.687. The van der Waals surface area contributed by atoms with E-state index in [2.05, 4.69) is 18.7 Å². The molecule has 1 aromatic rings. The second-order valence-electron chi connectivity index (χ2n) is 4.35. The molecule has 16 heavy (non-hydrogen) atoms. The van der Waals surface area contributed by atoms with E-state index in [1.54, 1.807) is 0 Å². The summed E-state index contributed by atoms with van der Waals surface area (Å²) in [5.41, 5.74) is 5.44. The highest BCUT2D eigenvalue weighted by Gasteiger charge is 2.13. The molecule has 2 rings (SSSR count). The molecule has 0 fully saturated rings. The van der Waals surface area contributed by atoms with Crippen molar-refractivity contribution >= 4 is 23.8 Å². The van der Waals surface area contributed by atoms with Crippen LogP contribution in [0.2, 0.25) is 0 Å². The summed E-state index contributed by atoms with van der Waals surface area (Å²) in [6, 6.07) is 4.40. The van der Waals surface area contributed by atoms with Gasteiger partial charge in [0.1, 0.15) is 0 Å². The second kappa shape index (κ2) is 4.88. The fourth-order valence-corrected chi connectivity index (χ4v) is 2.57. The van der Waals surface area contributed by atoms with Crippen LogP contribution in [0.5, 0.6) is 0 Å². The molecule has 0 saturated heterocycles. The van der Waals surface area contributed by atoms with Gasteiger partial charge < -0.3 is 0 Å². The van der Waals surface area contributed by atoms with Crippen molar-refractivity contribution in [1.29, 1.82) is 0 Å². The molecular formula is C15H17Cl. The van der Waals surface area contributed by atoms with Crippen molar-refractivity contribution in [2.45, 2.75) is 32.6 Å². The Balaban J connectivity index is 2.56. The maximum Gasteiger partial charge on any atom is 0.0156 e. The highest BCUT2D eigenvalue weighted by atomic mass is 35.5. The average molecular weight is 233 g/mol. The molecular weight excluding hydrogens is 216 g/mol. The Morgan fingerprint density at radius 1 is 1.31 bits per heavy atom. The number of rotatable bonds is 2. The zero-order valence-corrected chi connectivity index (χ0v) is 10.5. The third kappa shape index (κ3) is 2.22. The average Bonchev–Trinajstić information content (AvgIpc) is 2.28. The fraction of sp³-hybridized carbons (Fsp3) is 0.333. The van der Waals surface area contributed by atoms with Crippen molar-refractivity contribution in [3.8, 4) is 0 Å². The predicted octanol–water partition coefficient (Wildman–Crippen LogP) is 4.81. The Kier molecular flexibility index (Phi) is 3.50. The lowest BCUT2D eigenvalue weighted by Gasteiger charge is -2.19. The predicted molar refractivity (Wildman–Crippen MR) is 72.7 cm³/mol. The van der Waals surface area contributed by atoms with Crippen molar-refractivity contribution in [3.05, 3.63) is 46.0 Å². The number of fused-ring (bicyclic) bond motifs is 1. The van der Waals surface area contributed by atoms with Gasteiger partial charge in [-0.25, -0.2) is 0 Å². The van der Waals surface area contributed by atoms with Crippen molar-refractivity contribution in [3.63, 3.8) is 0 Å². The van der Waals surface area contributed by atoms with Crippen molar-refractivity contribution in [2.24, 2.45) is 0 Å². The van der Waals surface area contributed by atoms with Crippen LogP contribution in [0, 0.1) is 0 Å². The number of halogens is 1. The van der Waals surface area contributed by atoms with Crippen LogP contribution in [0.3, 0.4) is 0 Å². The van der Waals surface area contributed by atoms with Gasteiger partial charge in [0.15, 0.2) is 0 Å². The summed E-state index contributed by atoms with van der Waals surface area (Å²) in [6.07, 6.45) is 8.98. The molecule has 84 valence electrons. The summed E-state index contributed by atoms with van der Waals surface area (Å²) in [6.45, 7) is 5.85. The van der Waals surface area contributed by atoms with E-state index in [1.807, 2.05) is 19.1 Å². The first kappa shape index (κ1) is 11.5. The lowest BCUT2D eigenvalue weighted by molar-refractivity contribution is 0.684. The Labute approximate surface area is 103 Å². The Morgan fingerprint density at radius 2 is 2.06 bits per heavy atom. The number of hydrogen-bond donors (Lipinski definition) is 0. The highest BCUT2D eigenvalue weighted by Crippen LogP contribution is 2.29. The van der Waals surface area contributed by atoms with E-state index < -0.39 is 0 Å². The zero-order valence-electron chi connectivity index (χ0n) is 9.72. The molecule has 1 aliphatic rings. The molecule has 0 bridgehead atoms. The zero-order chi connectivity index (χ0) is 11.5. The summed E-state index contributed by atoms with van der Waals surface area (Å²) in [5.74, 6) is 0. The van der Waals surface area contributed by atoms with Gasteiger partial charge in [0, 0.05) is 5.03 Å². The molecule has 0 aromatic heterocycles. The van der Waals surface area contributed by atoms with Gasteiger partial charge in [-0.2, -0.15) is 0 Å². The fourth-order valence-electron chi connectivity index (χ4n) is 2.46. The van der Waals surface area contributed by atoms with E-state index in [4.69, 9.17) is 11.6 Å². The smallest absolute Gasteiger partial charge is 0.0156 e. The van der Waals surface area contributed by atoms with Gasteiger partial charge in [-0.05, 0) is 60.9 Å². The molecule has 0 atom stereocenters. The third-order valence-electron chi connectivity index (χ3n) is 3.17. The molecule has 0 unspecified atom stereocenters. The summed E-state index contributed by atoms with van der Waals surface area (Å²) < 4.78 is 0. The second-order valence-corrected chi connectivity index (χ2v) is 4.94. The maximum absolute atomic E-state index is 5.95. The Hall–Kier alpha value is -1.01. The standard InChI is InChI=1S/C15H17Cl/c1-3-14-13(10-11(2)16)9-8-12-6-4-5-7-15(12)14/h3,8-10H,1,4-7H2,2H3/b11-10+. The lowest BCUT2D eigenvalue weighted by Crippen LogP contribution is -2.05. The molecule has 1 aliphatic carbocycles. The van der Waals surface area contributed by atoms with E-state index in [0.29, 0.717) is 0 Å². The van der Waals surface area contributed by atoms with E-state index in [0.717, 1.165) is 5.03 Å². The first-order valence-electron chi connectivity index (χ1n) is 5.83. The largest absolute Gasteiger partial charge is 0.0984 e. The highest BCUT2D eigenvalue weighted by molar-refractivity contribution is 6.31.